The Balaban J connectivity index is 1.89. The molecule has 0 radical (unpaired) electrons. The first-order valence-electron chi connectivity index (χ1n) is 10.1. The summed E-state index contributed by atoms with van der Waals surface area (Å²) in [6, 6.07) is 4.49. The molecule has 0 aliphatic carbocycles. The van der Waals surface area contributed by atoms with Crippen LogP contribution < -0.4 is 24.8 Å². The van der Waals surface area contributed by atoms with Crippen molar-refractivity contribution < 1.29 is 14.2 Å². The van der Waals surface area contributed by atoms with Gasteiger partial charge in [-0.05, 0) is 31.9 Å². The first kappa shape index (κ1) is 22.1. The van der Waals surface area contributed by atoms with Crippen LogP contribution in [-0.4, -0.2) is 64.9 Å². The summed E-state index contributed by atoms with van der Waals surface area (Å²) in [5, 5.41) is 6.78. The van der Waals surface area contributed by atoms with Gasteiger partial charge in [-0.2, -0.15) is 0 Å². The molecule has 1 atom stereocenters. The molecular weight excluding hydrogens is 356 g/mol. The van der Waals surface area contributed by atoms with Gasteiger partial charge in [-0.1, -0.05) is 13.3 Å². The zero-order valence-electron chi connectivity index (χ0n) is 18.0. The van der Waals surface area contributed by atoms with Crippen LogP contribution in [0.2, 0.25) is 0 Å². The first-order valence-corrected chi connectivity index (χ1v) is 10.1. The van der Waals surface area contributed by atoms with E-state index < -0.39 is 0 Å². The fourth-order valence-electron chi connectivity index (χ4n) is 3.76. The Morgan fingerprint density at radius 3 is 2.43 bits per heavy atom. The summed E-state index contributed by atoms with van der Waals surface area (Å²) in [7, 11) is 6.69. The van der Waals surface area contributed by atoms with Gasteiger partial charge in [-0.25, -0.2) is 0 Å². The third-order valence-corrected chi connectivity index (χ3v) is 5.37. The highest BCUT2D eigenvalue weighted by Gasteiger charge is 2.20. The molecule has 0 spiro atoms. The maximum Gasteiger partial charge on any atom is 0.191 e. The monoisotopic (exact) mass is 392 g/mol. The normalized spacial score (nSPS) is 17.9. The largest absolute Gasteiger partial charge is 0.496 e. The van der Waals surface area contributed by atoms with E-state index in [1.807, 2.05) is 12.1 Å². The lowest BCUT2D eigenvalue weighted by atomic mass is 10.0. The number of ether oxygens (including phenoxy) is 3. The molecule has 158 valence electrons. The molecule has 0 saturated carbocycles. The molecule has 1 aromatic carbocycles. The second-order valence-electron chi connectivity index (χ2n) is 6.97. The second kappa shape index (κ2) is 11.6. The fraction of sp³-hybridized carbons (Fsp3) is 0.667. The minimum absolute atomic E-state index is 0.574. The smallest absolute Gasteiger partial charge is 0.191 e. The van der Waals surface area contributed by atoms with Crippen molar-refractivity contribution in [3.63, 3.8) is 0 Å². The van der Waals surface area contributed by atoms with E-state index in [0.717, 1.165) is 36.4 Å². The van der Waals surface area contributed by atoms with E-state index in [1.165, 1.54) is 32.2 Å². The molecule has 2 rings (SSSR count). The fourth-order valence-corrected chi connectivity index (χ4v) is 3.76. The van der Waals surface area contributed by atoms with E-state index >= 15 is 0 Å². The molecule has 0 bridgehead atoms. The highest BCUT2D eigenvalue weighted by molar-refractivity contribution is 5.79. The SMILES string of the molecule is CCC1CCCCN1CCNC(=NC)NCc1cc(OC)c(OC)cc1OC. The van der Waals surface area contributed by atoms with E-state index in [4.69, 9.17) is 14.2 Å². The zero-order valence-corrected chi connectivity index (χ0v) is 18.0. The zero-order chi connectivity index (χ0) is 20.4. The Morgan fingerprint density at radius 1 is 1.07 bits per heavy atom. The molecule has 1 heterocycles. The minimum Gasteiger partial charge on any atom is -0.496 e. The van der Waals surface area contributed by atoms with E-state index in [2.05, 4.69) is 27.4 Å². The molecule has 1 saturated heterocycles. The van der Waals surface area contributed by atoms with Crippen LogP contribution in [0.3, 0.4) is 0 Å². The summed E-state index contributed by atoms with van der Waals surface area (Å²) in [6.07, 6.45) is 5.22. The third-order valence-electron chi connectivity index (χ3n) is 5.37. The predicted octanol–water partition coefficient (Wildman–Crippen LogP) is 2.64. The topological polar surface area (TPSA) is 67.4 Å². The van der Waals surface area contributed by atoms with Crippen molar-refractivity contribution >= 4 is 5.96 Å². The van der Waals surface area contributed by atoms with Crippen molar-refractivity contribution in [1.82, 2.24) is 15.5 Å². The summed E-state index contributed by atoms with van der Waals surface area (Å²) >= 11 is 0. The van der Waals surface area contributed by atoms with Gasteiger partial charge in [-0.15, -0.1) is 0 Å². The second-order valence-corrected chi connectivity index (χ2v) is 6.97. The first-order chi connectivity index (χ1) is 13.7. The average molecular weight is 393 g/mol. The maximum absolute atomic E-state index is 5.50. The Morgan fingerprint density at radius 2 is 1.79 bits per heavy atom. The molecule has 1 aliphatic rings. The van der Waals surface area contributed by atoms with E-state index in [-0.39, 0.29) is 0 Å². The van der Waals surface area contributed by atoms with Crippen molar-refractivity contribution in [1.29, 1.82) is 0 Å². The Bertz CT molecular complexity index is 636. The number of nitrogens with zero attached hydrogens (tertiary/aromatic N) is 2. The molecule has 1 aromatic rings. The van der Waals surface area contributed by atoms with Gasteiger partial charge in [0.1, 0.15) is 5.75 Å². The molecule has 28 heavy (non-hydrogen) atoms. The highest BCUT2D eigenvalue weighted by atomic mass is 16.5. The summed E-state index contributed by atoms with van der Waals surface area (Å²) in [5.41, 5.74) is 0.977. The van der Waals surface area contributed by atoms with Gasteiger partial charge in [0.15, 0.2) is 17.5 Å². The Hall–Kier alpha value is -2.15. The third kappa shape index (κ3) is 5.92. The summed E-state index contributed by atoms with van der Waals surface area (Å²) in [5.74, 6) is 2.86. The maximum atomic E-state index is 5.50. The lowest BCUT2D eigenvalue weighted by molar-refractivity contribution is 0.147. The van der Waals surface area contributed by atoms with Gasteiger partial charge in [0.05, 0.1) is 21.3 Å². The number of rotatable bonds is 9. The molecule has 1 aliphatic heterocycles. The Kier molecular flexibility index (Phi) is 9.20. The number of piperidine rings is 1. The van der Waals surface area contributed by atoms with Gasteiger partial charge in [0.25, 0.3) is 0 Å². The van der Waals surface area contributed by atoms with E-state index in [1.54, 1.807) is 28.4 Å². The number of guanidine groups is 1. The van der Waals surface area contributed by atoms with Gasteiger partial charge in [0.2, 0.25) is 0 Å². The number of methoxy groups -OCH3 is 3. The number of benzene rings is 1. The van der Waals surface area contributed by atoms with Crippen LogP contribution >= 0.6 is 0 Å². The van der Waals surface area contributed by atoms with Gasteiger partial charge < -0.3 is 24.8 Å². The summed E-state index contributed by atoms with van der Waals surface area (Å²) < 4.78 is 16.2. The predicted molar refractivity (Wildman–Crippen MR) is 114 cm³/mol. The van der Waals surface area contributed by atoms with E-state index in [9.17, 15) is 0 Å². The number of hydrogen-bond donors (Lipinski definition) is 2. The van der Waals surface area contributed by atoms with Crippen LogP contribution in [0.1, 0.15) is 38.2 Å². The highest BCUT2D eigenvalue weighted by Crippen LogP contribution is 2.34. The number of aliphatic imine (C=N–C) groups is 1. The molecule has 7 nitrogen and oxygen atoms in total. The number of likely N-dealkylation sites (tertiary alicyclic amines) is 1. The number of nitrogens with one attached hydrogen (secondary N) is 2. The number of hydrogen-bond acceptors (Lipinski definition) is 5. The lowest BCUT2D eigenvalue weighted by Crippen LogP contribution is -2.45. The average Bonchev–Trinajstić information content (AvgIpc) is 2.75. The molecule has 0 amide bonds. The standard InChI is InChI=1S/C21H36N4O3/c1-6-17-9-7-8-11-25(17)12-10-23-21(22-2)24-15-16-13-19(27-4)20(28-5)14-18(16)26-3/h13-14,17H,6-12,15H2,1-5H3,(H2,22,23,24). The minimum atomic E-state index is 0.574. The molecule has 7 heteroatoms. The van der Waals surface area contributed by atoms with Gasteiger partial charge in [-0.3, -0.25) is 9.89 Å². The molecule has 2 N–H and O–H groups in total. The molecule has 1 fully saturated rings. The molecular formula is C21H36N4O3. The lowest BCUT2D eigenvalue weighted by Gasteiger charge is -2.35. The van der Waals surface area contributed by atoms with Gasteiger partial charge >= 0.3 is 0 Å². The quantitative estimate of drug-likeness (QED) is 0.497. The van der Waals surface area contributed by atoms with Crippen molar-refractivity contribution in [3.8, 4) is 17.2 Å². The van der Waals surface area contributed by atoms with Crippen molar-refractivity contribution in [2.45, 2.75) is 45.2 Å². The van der Waals surface area contributed by atoms with Crippen molar-refractivity contribution in [2.24, 2.45) is 4.99 Å². The Labute approximate surface area is 169 Å². The van der Waals surface area contributed by atoms with Crippen LogP contribution in [0.4, 0.5) is 0 Å². The van der Waals surface area contributed by atoms with Crippen LogP contribution in [0, 0.1) is 0 Å². The van der Waals surface area contributed by atoms with Crippen molar-refractivity contribution in [2.75, 3.05) is 48.0 Å². The van der Waals surface area contributed by atoms with Crippen molar-refractivity contribution in [3.05, 3.63) is 17.7 Å². The molecule has 1 unspecified atom stereocenters. The summed E-state index contributed by atoms with van der Waals surface area (Å²) in [4.78, 5) is 6.93. The summed E-state index contributed by atoms with van der Waals surface area (Å²) in [6.45, 7) is 5.98. The van der Waals surface area contributed by atoms with Crippen LogP contribution in [0.25, 0.3) is 0 Å². The van der Waals surface area contributed by atoms with E-state index in [0.29, 0.717) is 18.0 Å². The molecule has 0 aromatic heterocycles. The van der Waals surface area contributed by atoms with Crippen LogP contribution in [0.15, 0.2) is 17.1 Å². The van der Waals surface area contributed by atoms with Crippen LogP contribution in [0.5, 0.6) is 17.2 Å². The van der Waals surface area contributed by atoms with Crippen LogP contribution in [-0.2, 0) is 6.54 Å². The van der Waals surface area contributed by atoms with Gasteiger partial charge in [0, 0.05) is 44.4 Å².